The largest absolute Gasteiger partial charge is 0.339 e. The summed E-state index contributed by atoms with van der Waals surface area (Å²) in [5.41, 5.74) is 3.54. The zero-order valence-corrected chi connectivity index (χ0v) is 12.3. The van der Waals surface area contributed by atoms with Crippen LogP contribution in [-0.4, -0.2) is 23.0 Å². The predicted octanol–water partition coefficient (Wildman–Crippen LogP) is 1.51. The van der Waals surface area contributed by atoms with Gasteiger partial charge in [-0.05, 0) is 11.6 Å². The van der Waals surface area contributed by atoms with Gasteiger partial charge in [-0.15, -0.1) is 11.3 Å². The van der Waals surface area contributed by atoms with Crippen LogP contribution in [0.25, 0.3) is 10.2 Å². The van der Waals surface area contributed by atoms with E-state index in [2.05, 4.69) is 14.7 Å². The molecule has 0 aliphatic carbocycles. The molecular weight excluding hydrogens is 296 g/mol. The van der Waals surface area contributed by atoms with Crippen molar-refractivity contribution in [1.29, 1.82) is 0 Å². The number of aromatic nitrogens is 3. The first-order chi connectivity index (χ1) is 9.56. The maximum Gasteiger partial charge on any atom is 0.259 e. The van der Waals surface area contributed by atoms with Gasteiger partial charge in [-0.3, -0.25) is 0 Å². The molecule has 3 rings (SSSR count). The van der Waals surface area contributed by atoms with E-state index in [1.807, 2.05) is 18.2 Å². The molecule has 104 valence electrons. The summed E-state index contributed by atoms with van der Waals surface area (Å²) in [7, 11) is -1.86. The Hall–Kier alpha value is -1.77. The summed E-state index contributed by atoms with van der Waals surface area (Å²) in [6.45, 7) is 0.221. The highest BCUT2D eigenvalue weighted by atomic mass is 32.2. The number of aryl methyl sites for hydroxylation is 1. The lowest BCUT2D eigenvalue weighted by molar-refractivity contribution is 0.578. The number of thiazole rings is 1. The van der Waals surface area contributed by atoms with E-state index in [0.29, 0.717) is 0 Å². The molecule has 2 heterocycles. The zero-order chi connectivity index (χ0) is 14.2. The third kappa shape index (κ3) is 2.45. The topological polar surface area (TPSA) is 76.9 Å². The molecule has 0 atom stereocenters. The van der Waals surface area contributed by atoms with Crippen molar-refractivity contribution in [1.82, 2.24) is 19.3 Å². The van der Waals surface area contributed by atoms with Gasteiger partial charge in [0.15, 0.2) is 5.03 Å². The quantitative estimate of drug-likeness (QED) is 0.792. The van der Waals surface area contributed by atoms with Crippen molar-refractivity contribution >= 4 is 31.6 Å². The SMILES string of the molecule is Cn1cnc(S(=O)(=O)NCc2cccc3ncsc23)c1. The average molecular weight is 308 g/mol. The standard InChI is InChI=1S/C12H12N4O2S2/c1-16-6-11(13-7-16)20(17,18)15-5-9-3-2-4-10-12(9)19-8-14-10/h2-4,6-8,15H,5H2,1H3. The van der Waals surface area contributed by atoms with Gasteiger partial charge < -0.3 is 4.57 Å². The van der Waals surface area contributed by atoms with E-state index in [9.17, 15) is 8.42 Å². The van der Waals surface area contributed by atoms with E-state index in [0.717, 1.165) is 15.8 Å². The average Bonchev–Trinajstić information content (AvgIpc) is 3.05. The maximum atomic E-state index is 12.1. The Labute approximate surface area is 120 Å². The summed E-state index contributed by atoms with van der Waals surface area (Å²) in [5.74, 6) is 0. The number of imidazole rings is 1. The monoisotopic (exact) mass is 308 g/mol. The van der Waals surface area contributed by atoms with Crippen LogP contribution >= 0.6 is 11.3 Å². The smallest absolute Gasteiger partial charge is 0.259 e. The molecule has 2 aromatic heterocycles. The minimum atomic E-state index is -3.59. The number of fused-ring (bicyclic) bond motifs is 1. The highest BCUT2D eigenvalue weighted by Crippen LogP contribution is 2.22. The number of hydrogen-bond donors (Lipinski definition) is 1. The van der Waals surface area contributed by atoms with Crippen LogP contribution < -0.4 is 4.72 Å². The first-order valence-corrected chi connectivity index (χ1v) is 8.21. The minimum Gasteiger partial charge on any atom is -0.339 e. The van der Waals surface area contributed by atoms with E-state index in [-0.39, 0.29) is 11.6 Å². The molecule has 8 heteroatoms. The first-order valence-electron chi connectivity index (χ1n) is 5.85. The van der Waals surface area contributed by atoms with Gasteiger partial charge in [-0.25, -0.2) is 23.1 Å². The van der Waals surface area contributed by atoms with Crippen molar-refractivity contribution in [3.05, 3.63) is 41.8 Å². The lowest BCUT2D eigenvalue weighted by Gasteiger charge is -2.05. The van der Waals surface area contributed by atoms with Gasteiger partial charge in [0, 0.05) is 19.8 Å². The molecule has 0 aliphatic rings. The van der Waals surface area contributed by atoms with Crippen LogP contribution in [-0.2, 0) is 23.6 Å². The van der Waals surface area contributed by atoms with Gasteiger partial charge in [-0.2, -0.15) is 0 Å². The fourth-order valence-electron chi connectivity index (χ4n) is 1.86. The van der Waals surface area contributed by atoms with E-state index >= 15 is 0 Å². The molecular formula is C12H12N4O2S2. The maximum absolute atomic E-state index is 12.1. The normalized spacial score (nSPS) is 12.1. The summed E-state index contributed by atoms with van der Waals surface area (Å²) in [5, 5.41) is 0.0245. The molecule has 6 nitrogen and oxygen atoms in total. The molecule has 0 amide bonds. The van der Waals surface area contributed by atoms with Crippen molar-refractivity contribution in [2.24, 2.45) is 7.05 Å². The Morgan fingerprint density at radius 2 is 2.20 bits per heavy atom. The Bertz CT molecular complexity index is 851. The summed E-state index contributed by atoms with van der Waals surface area (Å²) < 4.78 is 29.3. The van der Waals surface area contributed by atoms with E-state index in [1.165, 1.54) is 23.9 Å². The van der Waals surface area contributed by atoms with E-state index in [4.69, 9.17) is 0 Å². The van der Waals surface area contributed by atoms with Crippen LogP contribution in [0.15, 0.2) is 41.3 Å². The molecule has 3 aromatic rings. The molecule has 0 aliphatic heterocycles. The predicted molar refractivity (Wildman–Crippen MR) is 76.9 cm³/mol. The van der Waals surface area contributed by atoms with Crippen LogP contribution in [0.3, 0.4) is 0 Å². The lowest BCUT2D eigenvalue weighted by atomic mass is 10.2. The Kier molecular flexibility index (Phi) is 3.28. The van der Waals surface area contributed by atoms with Crippen LogP contribution in [0, 0.1) is 0 Å². The van der Waals surface area contributed by atoms with Crippen molar-refractivity contribution in [3.63, 3.8) is 0 Å². The molecule has 0 saturated carbocycles. The van der Waals surface area contributed by atoms with Gasteiger partial charge in [0.1, 0.15) is 0 Å². The van der Waals surface area contributed by atoms with Crippen molar-refractivity contribution in [2.45, 2.75) is 11.6 Å². The summed E-state index contributed by atoms with van der Waals surface area (Å²) in [6.07, 6.45) is 2.92. The second-order valence-corrected chi connectivity index (χ2v) is 6.89. The number of hydrogen-bond acceptors (Lipinski definition) is 5. The van der Waals surface area contributed by atoms with E-state index < -0.39 is 10.0 Å². The minimum absolute atomic E-state index is 0.0245. The molecule has 0 unspecified atom stereocenters. The summed E-state index contributed by atoms with van der Waals surface area (Å²) in [6, 6.07) is 5.66. The van der Waals surface area contributed by atoms with Crippen LogP contribution in [0.2, 0.25) is 0 Å². The van der Waals surface area contributed by atoms with E-state index in [1.54, 1.807) is 17.1 Å². The molecule has 20 heavy (non-hydrogen) atoms. The molecule has 0 bridgehead atoms. The Morgan fingerprint density at radius 1 is 1.35 bits per heavy atom. The van der Waals surface area contributed by atoms with Gasteiger partial charge >= 0.3 is 0 Å². The summed E-state index contributed by atoms with van der Waals surface area (Å²) >= 11 is 1.50. The van der Waals surface area contributed by atoms with Crippen molar-refractivity contribution in [3.8, 4) is 0 Å². The van der Waals surface area contributed by atoms with Crippen LogP contribution in [0.4, 0.5) is 0 Å². The van der Waals surface area contributed by atoms with Gasteiger partial charge in [0.25, 0.3) is 10.0 Å². The number of rotatable bonds is 4. The Balaban J connectivity index is 1.84. The van der Waals surface area contributed by atoms with Crippen molar-refractivity contribution < 1.29 is 8.42 Å². The molecule has 0 radical (unpaired) electrons. The molecule has 0 fully saturated rings. The first kappa shape index (κ1) is 13.2. The third-order valence-electron chi connectivity index (χ3n) is 2.85. The number of nitrogens with one attached hydrogen (secondary N) is 1. The van der Waals surface area contributed by atoms with Crippen LogP contribution in [0.5, 0.6) is 0 Å². The molecule has 1 aromatic carbocycles. The Morgan fingerprint density at radius 3 is 2.95 bits per heavy atom. The molecule has 1 N–H and O–H groups in total. The third-order valence-corrected chi connectivity index (χ3v) is 5.05. The zero-order valence-electron chi connectivity index (χ0n) is 10.6. The number of sulfonamides is 1. The number of nitrogens with zero attached hydrogens (tertiary/aromatic N) is 3. The van der Waals surface area contributed by atoms with Gasteiger partial charge in [0.2, 0.25) is 0 Å². The van der Waals surface area contributed by atoms with Crippen LogP contribution in [0.1, 0.15) is 5.56 Å². The van der Waals surface area contributed by atoms with Gasteiger partial charge in [-0.1, -0.05) is 12.1 Å². The second-order valence-electron chi connectivity index (χ2n) is 4.32. The highest BCUT2D eigenvalue weighted by Gasteiger charge is 2.17. The number of benzene rings is 1. The summed E-state index contributed by atoms with van der Waals surface area (Å²) in [4.78, 5) is 8.07. The van der Waals surface area contributed by atoms with Gasteiger partial charge in [0.05, 0.1) is 22.1 Å². The second kappa shape index (κ2) is 4.97. The molecule has 0 saturated heterocycles. The fourth-order valence-corrected chi connectivity index (χ4v) is 3.65. The fraction of sp³-hybridized carbons (Fsp3) is 0.167. The lowest BCUT2D eigenvalue weighted by Crippen LogP contribution is -2.23. The highest BCUT2D eigenvalue weighted by molar-refractivity contribution is 7.89. The van der Waals surface area contributed by atoms with Crippen molar-refractivity contribution in [2.75, 3.05) is 0 Å². The molecule has 0 spiro atoms.